The van der Waals surface area contributed by atoms with Crippen molar-refractivity contribution < 1.29 is 35.9 Å². The Hall–Kier alpha value is -4.48. The SMILES string of the molecule is O=C1c2nc(-c3ccccc3)c(C(F)(F)F)nc2C(=O)c2nc(C(F)(F)F)c(-c3ccccc3)nc21. The molecule has 0 aliphatic heterocycles. The van der Waals surface area contributed by atoms with E-state index in [9.17, 15) is 35.9 Å². The fraction of sp³-hybridized carbons (Fsp3) is 0.0833. The van der Waals surface area contributed by atoms with Crippen molar-refractivity contribution in [1.82, 2.24) is 19.9 Å². The predicted octanol–water partition coefficient (Wildman–Crippen LogP) is 5.41. The van der Waals surface area contributed by atoms with Gasteiger partial charge in [0.15, 0.2) is 11.4 Å². The van der Waals surface area contributed by atoms with Gasteiger partial charge in [-0.1, -0.05) is 60.7 Å². The number of hydrogen-bond acceptors (Lipinski definition) is 6. The highest BCUT2D eigenvalue weighted by Gasteiger charge is 2.45. The van der Waals surface area contributed by atoms with Gasteiger partial charge in [0.2, 0.25) is 11.6 Å². The van der Waals surface area contributed by atoms with E-state index in [-0.39, 0.29) is 11.1 Å². The lowest BCUT2D eigenvalue weighted by Gasteiger charge is -2.21. The molecule has 36 heavy (non-hydrogen) atoms. The van der Waals surface area contributed by atoms with E-state index in [0.29, 0.717) is 0 Å². The quantitative estimate of drug-likeness (QED) is 0.301. The molecule has 2 heterocycles. The average molecular weight is 500 g/mol. The van der Waals surface area contributed by atoms with Crippen LogP contribution in [0.3, 0.4) is 0 Å². The molecule has 1 aliphatic carbocycles. The lowest BCUT2D eigenvalue weighted by molar-refractivity contribution is -0.141. The Morgan fingerprint density at radius 1 is 0.444 bits per heavy atom. The van der Waals surface area contributed by atoms with E-state index < -0.39 is 69.5 Å². The third kappa shape index (κ3) is 3.80. The van der Waals surface area contributed by atoms with Gasteiger partial charge in [-0.15, -0.1) is 0 Å². The van der Waals surface area contributed by atoms with E-state index >= 15 is 0 Å². The number of aromatic nitrogens is 4. The number of fused-ring (bicyclic) bond motifs is 2. The Bertz CT molecular complexity index is 1420. The van der Waals surface area contributed by atoms with Crippen LogP contribution in [0.25, 0.3) is 22.5 Å². The molecule has 0 fully saturated rings. The maximum absolute atomic E-state index is 13.8. The normalized spacial score (nSPS) is 13.4. The molecule has 0 amide bonds. The van der Waals surface area contributed by atoms with E-state index in [1.54, 1.807) is 12.1 Å². The molecule has 6 nitrogen and oxygen atoms in total. The van der Waals surface area contributed by atoms with Crippen LogP contribution in [0.2, 0.25) is 0 Å². The summed E-state index contributed by atoms with van der Waals surface area (Å²) in [7, 11) is 0. The number of alkyl halides is 6. The molecule has 0 bridgehead atoms. The van der Waals surface area contributed by atoms with Gasteiger partial charge in [0.1, 0.15) is 34.2 Å². The summed E-state index contributed by atoms with van der Waals surface area (Å²) < 4.78 is 82.9. The predicted molar refractivity (Wildman–Crippen MR) is 112 cm³/mol. The van der Waals surface area contributed by atoms with Gasteiger partial charge in [0, 0.05) is 11.1 Å². The standard InChI is InChI=1S/C24H10F6N4O2/c25-23(26,27)21-13(11-7-3-1-4-8-11)31-15-17(33-21)20(36)18-16(19(15)35)32-14(12-9-5-2-6-10-12)22(34-18)24(28,29)30/h1-10H. The largest absolute Gasteiger partial charge is 0.435 e. The summed E-state index contributed by atoms with van der Waals surface area (Å²) in [5, 5.41) is 0. The second-order valence-corrected chi connectivity index (χ2v) is 7.62. The summed E-state index contributed by atoms with van der Waals surface area (Å²) >= 11 is 0. The molecule has 4 aromatic rings. The number of hydrogen-bond donors (Lipinski definition) is 0. The van der Waals surface area contributed by atoms with Crippen LogP contribution in [-0.2, 0) is 12.4 Å². The molecular formula is C24H10F6N4O2. The number of rotatable bonds is 2. The maximum Gasteiger partial charge on any atom is 0.435 e. The Kier molecular flexibility index (Phi) is 5.20. The maximum atomic E-state index is 13.8. The first-order valence-electron chi connectivity index (χ1n) is 10.2. The topological polar surface area (TPSA) is 85.7 Å². The molecule has 0 N–H and O–H groups in total. The van der Waals surface area contributed by atoms with Gasteiger partial charge in [0.05, 0.1) is 0 Å². The summed E-state index contributed by atoms with van der Waals surface area (Å²) in [5.41, 5.74) is -8.24. The molecule has 0 spiro atoms. The smallest absolute Gasteiger partial charge is 0.285 e. The Morgan fingerprint density at radius 3 is 1.06 bits per heavy atom. The van der Waals surface area contributed by atoms with Gasteiger partial charge in [-0.25, -0.2) is 19.9 Å². The first-order valence-corrected chi connectivity index (χ1v) is 10.2. The van der Waals surface area contributed by atoms with Crippen LogP contribution in [0, 0.1) is 0 Å². The molecule has 0 radical (unpaired) electrons. The van der Waals surface area contributed by atoms with Crippen LogP contribution in [0.15, 0.2) is 60.7 Å². The average Bonchev–Trinajstić information content (AvgIpc) is 2.85. The first-order chi connectivity index (χ1) is 17.0. The van der Waals surface area contributed by atoms with Crippen LogP contribution in [-0.4, -0.2) is 31.5 Å². The number of halogens is 6. The Labute approximate surface area is 197 Å². The van der Waals surface area contributed by atoms with Gasteiger partial charge >= 0.3 is 12.4 Å². The van der Waals surface area contributed by atoms with Crippen molar-refractivity contribution >= 4 is 11.6 Å². The summed E-state index contributed by atoms with van der Waals surface area (Å²) in [6.45, 7) is 0. The van der Waals surface area contributed by atoms with Crippen LogP contribution in [0.4, 0.5) is 26.3 Å². The van der Waals surface area contributed by atoms with E-state index in [0.717, 1.165) is 0 Å². The third-order valence-electron chi connectivity index (χ3n) is 5.28. The van der Waals surface area contributed by atoms with Crippen LogP contribution in [0.1, 0.15) is 43.8 Å². The van der Waals surface area contributed by atoms with E-state index in [2.05, 4.69) is 19.9 Å². The molecule has 12 heteroatoms. The summed E-state index contributed by atoms with van der Waals surface area (Å²) in [6, 6.07) is 14.1. The Morgan fingerprint density at radius 2 is 0.750 bits per heavy atom. The number of carbonyl (C=O) groups excluding carboxylic acids is 2. The molecular weight excluding hydrogens is 490 g/mol. The highest BCUT2D eigenvalue weighted by atomic mass is 19.4. The van der Waals surface area contributed by atoms with E-state index in [4.69, 9.17) is 0 Å². The fourth-order valence-corrected chi connectivity index (χ4v) is 3.72. The molecule has 2 aromatic carbocycles. The molecule has 0 saturated heterocycles. The molecule has 180 valence electrons. The van der Waals surface area contributed by atoms with Gasteiger partial charge in [0.25, 0.3) is 0 Å². The van der Waals surface area contributed by atoms with Gasteiger partial charge in [-0.05, 0) is 0 Å². The molecule has 0 unspecified atom stereocenters. The highest BCUT2D eigenvalue weighted by molar-refractivity contribution is 6.25. The fourth-order valence-electron chi connectivity index (χ4n) is 3.72. The van der Waals surface area contributed by atoms with Crippen molar-refractivity contribution in [2.45, 2.75) is 12.4 Å². The summed E-state index contributed by atoms with van der Waals surface area (Å²) in [5.74, 6) is -2.59. The second-order valence-electron chi connectivity index (χ2n) is 7.62. The van der Waals surface area contributed by atoms with Crippen molar-refractivity contribution in [3.8, 4) is 22.5 Å². The summed E-state index contributed by atoms with van der Waals surface area (Å²) in [4.78, 5) is 40.6. The monoisotopic (exact) mass is 500 g/mol. The minimum Gasteiger partial charge on any atom is -0.285 e. The van der Waals surface area contributed by atoms with Gasteiger partial charge < -0.3 is 0 Å². The van der Waals surface area contributed by atoms with E-state index in [1.165, 1.54) is 48.5 Å². The lowest BCUT2D eigenvalue weighted by atomic mass is 9.95. The number of nitrogens with zero attached hydrogens (tertiary/aromatic N) is 4. The van der Waals surface area contributed by atoms with Crippen molar-refractivity contribution in [3.05, 3.63) is 94.8 Å². The lowest BCUT2D eigenvalue weighted by Crippen LogP contribution is -2.30. The molecule has 2 aromatic heterocycles. The van der Waals surface area contributed by atoms with E-state index in [1.807, 2.05) is 0 Å². The minimum atomic E-state index is -5.09. The van der Waals surface area contributed by atoms with Crippen LogP contribution < -0.4 is 0 Å². The second kappa shape index (κ2) is 8.04. The van der Waals surface area contributed by atoms with Crippen LogP contribution >= 0.6 is 0 Å². The Balaban J connectivity index is 1.78. The number of carbonyl (C=O) groups is 2. The molecule has 0 atom stereocenters. The molecule has 5 rings (SSSR count). The summed E-state index contributed by atoms with van der Waals surface area (Å²) in [6.07, 6.45) is -10.2. The van der Waals surface area contributed by atoms with Crippen molar-refractivity contribution in [2.75, 3.05) is 0 Å². The van der Waals surface area contributed by atoms with Crippen molar-refractivity contribution in [2.24, 2.45) is 0 Å². The first kappa shape index (κ1) is 23.3. The van der Waals surface area contributed by atoms with Crippen molar-refractivity contribution in [1.29, 1.82) is 0 Å². The number of ketones is 2. The zero-order valence-electron chi connectivity index (χ0n) is 17.6. The third-order valence-corrected chi connectivity index (χ3v) is 5.28. The highest BCUT2D eigenvalue weighted by Crippen LogP contribution is 2.39. The molecule has 1 aliphatic rings. The minimum absolute atomic E-state index is 0.0327. The van der Waals surface area contributed by atoms with Gasteiger partial charge in [-0.2, -0.15) is 26.3 Å². The van der Waals surface area contributed by atoms with Crippen molar-refractivity contribution in [3.63, 3.8) is 0 Å². The number of benzene rings is 2. The zero-order chi connectivity index (χ0) is 25.8. The molecule has 0 saturated carbocycles. The van der Waals surface area contributed by atoms with Gasteiger partial charge in [-0.3, -0.25) is 9.59 Å². The van der Waals surface area contributed by atoms with Crippen LogP contribution in [0.5, 0.6) is 0 Å². The zero-order valence-corrected chi connectivity index (χ0v) is 17.6.